The van der Waals surface area contributed by atoms with Gasteiger partial charge in [-0.25, -0.2) is 0 Å². The second-order valence-corrected chi connectivity index (χ2v) is 4.62. The maximum absolute atomic E-state index is 12.1. The van der Waals surface area contributed by atoms with Crippen molar-refractivity contribution in [2.24, 2.45) is 11.8 Å². The Hall–Kier alpha value is -1.36. The lowest BCUT2D eigenvalue weighted by Gasteiger charge is -2.26. The summed E-state index contributed by atoms with van der Waals surface area (Å²) >= 11 is 0. The first-order chi connectivity index (χ1) is 8.60. The van der Waals surface area contributed by atoms with Gasteiger partial charge in [-0.3, -0.25) is 9.59 Å². The smallest absolute Gasteiger partial charge is 0.307 e. The van der Waals surface area contributed by atoms with Crippen molar-refractivity contribution in [1.82, 2.24) is 5.32 Å². The Morgan fingerprint density at radius 3 is 2.44 bits per heavy atom. The lowest BCUT2D eigenvalue weighted by molar-refractivity contribution is -0.147. The monoisotopic (exact) mass is 255 g/mol. The van der Waals surface area contributed by atoms with E-state index >= 15 is 0 Å². The average Bonchev–Trinajstić information content (AvgIpc) is 2.38. The molecule has 0 bridgehead atoms. The van der Waals surface area contributed by atoms with E-state index in [2.05, 4.69) is 5.32 Å². The lowest BCUT2D eigenvalue weighted by atomic mass is 9.82. The molecule has 102 valence electrons. The van der Waals surface area contributed by atoms with Gasteiger partial charge in [0, 0.05) is 12.6 Å². The van der Waals surface area contributed by atoms with Crippen molar-refractivity contribution in [2.45, 2.75) is 38.6 Å². The highest BCUT2D eigenvalue weighted by Gasteiger charge is 2.34. The predicted octanol–water partition coefficient (Wildman–Crippen LogP) is 0.931. The number of hydrogen-bond donors (Lipinski definition) is 3. The van der Waals surface area contributed by atoms with Gasteiger partial charge in [-0.05, 0) is 25.7 Å². The lowest BCUT2D eigenvalue weighted by Crippen LogP contribution is -2.43. The molecule has 1 aliphatic rings. The zero-order valence-corrected chi connectivity index (χ0v) is 10.6. The fourth-order valence-electron chi connectivity index (χ4n) is 2.22. The van der Waals surface area contributed by atoms with Gasteiger partial charge in [0.25, 0.3) is 0 Å². The fraction of sp³-hybridized carbons (Fsp3) is 0.692. The van der Waals surface area contributed by atoms with E-state index in [-0.39, 0.29) is 18.6 Å². The molecule has 0 aromatic rings. The van der Waals surface area contributed by atoms with Crippen molar-refractivity contribution in [3.05, 3.63) is 12.2 Å². The van der Waals surface area contributed by atoms with Gasteiger partial charge in [0.05, 0.1) is 11.8 Å². The van der Waals surface area contributed by atoms with Gasteiger partial charge < -0.3 is 15.5 Å². The largest absolute Gasteiger partial charge is 0.481 e. The zero-order chi connectivity index (χ0) is 13.5. The molecule has 18 heavy (non-hydrogen) atoms. The van der Waals surface area contributed by atoms with E-state index in [0.29, 0.717) is 19.3 Å². The van der Waals surface area contributed by atoms with Gasteiger partial charge >= 0.3 is 5.97 Å². The van der Waals surface area contributed by atoms with Crippen LogP contribution in [0.3, 0.4) is 0 Å². The molecule has 1 amide bonds. The maximum Gasteiger partial charge on any atom is 0.307 e. The minimum Gasteiger partial charge on any atom is -0.481 e. The predicted molar refractivity (Wildman–Crippen MR) is 66.9 cm³/mol. The molecule has 1 aliphatic carbocycles. The Labute approximate surface area is 107 Å². The van der Waals surface area contributed by atoms with Crippen molar-refractivity contribution in [1.29, 1.82) is 0 Å². The molecule has 0 saturated heterocycles. The van der Waals surface area contributed by atoms with Crippen LogP contribution in [0.1, 0.15) is 32.6 Å². The van der Waals surface area contributed by atoms with E-state index < -0.39 is 17.8 Å². The Kier molecular flexibility index (Phi) is 5.85. The van der Waals surface area contributed by atoms with Crippen molar-refractivity contribution in [2.75, 3.05) is 6.61 Å². The Balaban J connectivity index is 2.63. The van der Waals surface area contributed by atoms with Crippen molar-refractivity contribution >= 4 is 11.9 Å². The molecule has 0 heterocycles. The molecule has 3 N–H and O–H groups in total. The summed E-state index contributed by atoms with van der Waals surface area (Å²) in [5, 5.41) is 20.8. The summed E-state index contributed by atoms with van der Waals surface area (Å²) < 4.78 is 0. The summed E-state index contributed by atoms with van der Waals surface area (Å²) in [5.74, 6) is -2.27. The summed E-state index contributed by atoms with van der Waals surface area (Å²) in [6.07, 6.45) is 5.78. The molecule has 0 spiro atoms. The van der Waals surface area contributed by atoms with Gasteiger partial charge in [-0.1, -0.05) is 19.1 Å². The van der Waals surface area contributed by atoms with Gasteiger partial charge in [0.1, 0.15) is 0 Å². The van der Waals surface area contributed by atoms with Crippen molar-refractivity contribution in [3.63, 3.8) is 0 Å². The minimum absolute atomic E-state index is 0.0196. The van der Waals surface area contributed by atoms with Gasteiger partial charge in [-0.15, -0.1) is 0 Å². The Morgan fingerprint density at radius 2 is 1.94 bits per heavy atom. The molecule has 5 heteroatoms. The summed E-state index contributed by atoms with van der Waals surface area (Å²) in [7, 11) is 0. The number of aliphatic hydroxyl groups is 1. The molecule has 0 aromatic heterocycles. The number of carbonyl (C=O) groups excluding carboxylic acids is 1. The van der Waals surface area contributed by atoms with E-state index in [1.54, 1.807) is 0 Å². The van der Waals surface area contributed by atoms with Crippen LogP contribution in [0.5, 0.6) is 0 Å². The van der Waals surface area contributed by atoms with E-state index in [1.807, 2.05) is 19.1 Å². The number of carbonyl (C=O) groups is 2. The van der Waals surface area contributed by atoms with E-state index in [9.17, 15) is 9.59 Å². The highest BCUT2D eigenvalue weighted by Crippen LogP contribution is 2.26. The number of carboxylic acids is 1. The van der Waals surface area contributed by atoms with Crippen LogP contribution in [0.25, 0.3) is 0 Å². The van der Waals surface area contributed by atoms with E-state index in [0.717, 1.165) is 6.42 Å². The second-order valence-electron chi connectivity index (χ2n) is 4.62. The number of allylic oxidation sites excluding steroid dienone is 2. The van der Waals surface area contributed by atoms with Crippen LogP contribution in [-0.4, -0.2) is 34.7 Å². The first-order valence-corrected chi connectivity index (χ1v) is 6.39. The molecule has 1 rings (SSSR count). The maximum atomic E-state index is 12.1. The molecule has 0 fully saturated rings. The molecule has 0 saturated carbocycles. The normalized spacial score (nSPS) is 24.6. The van der Waals surface area contributed by atoms with Crippen LogP contribution < -0.4 is 5.32 Å². The molecule has 0 aromatic carbocycles. The average molecular weight is 255 g/mol. The zero-order valence-electron chi connectivity index (χ0n) is 10.6. The van der Waals surface area contributed by atoms with E-state index in [4.69, 9.17) is 10.2 Å². The molecule has 0 aliphatic heterocycles. The summed E-state index contributed by atoms with van der Waals surface area (Å²) in [5.41, 5.74) is 0. The topological polar surface area (TPSA) is 86.6 Å². The molecule has 1 unspecified atom stereocenters. The Morgan fingerprint density at radius 1 is 1.33 bits per heavy atom. The number of rotatable bonds is 6. The highest BCUT2D eigenvalue weighted by atomic mass is 16.4. The van der Waals surface area contributed by atoms with Crippen LogP contribution >= 0.6 is 0 Å². The number of amides is 1. The third-order valence-electron chi connectivity index (χ3n) is 3.40. The number of nitrogens with one attached hydrogen (secondary N) is 1. The van der Waals surface area contributed by atoms with Crippen LogP contribution in [-0.2, 0) is 9.59 Å². The van der Waals surface area contributed by atoms with Crippen LogP contribution in [0.4, 0.5) is 0 Å². The Bertz CT molecular complexity index is 327. The standard InChI is InChI=1S/C13H21NO4/c1-2-9(7-8-15)14-12(16)10-5-3-4-6-11(10)13(17)18/h3-4,9-11,15H,2,5-8H2,1H3,(H,14,16)(H,17,18)/t9?,10-,11+/m1/s1. The molecular formula is C13H21NO4. The quantitative estimate of drug-likeness (QED) is 0.616. The first kappa shape index (κ1) is 14.7. The van der Waals surface area contributed by atoms with E-state index in [1.165, 1.54) is 0 Å². The fourth-order valence-corrected chi connectivity index (χ4v) is 2.22. The number of carboxylic acid groups (broad SMARTS) is 1. The number of aliphatic carboxylic acids is 1. The molecule has 3 atom stereocenters. The van der Waals surface area contributed by atoms with Crippen molar-refractivity contribution < 1.29 is 19.8 Å². The third-order valence-corrected chi connectivity index (χ3v) is 3.40. The molecule has 5 nitrogen and oxygen atoms in total. The highest BCUT2D eigenvalue weighted by molar-refractivity contribution is 5.85. The SMILES string of the molecule is CCC(CCO)NC(=O)[C@@H]1CC=CC[C@@H]1C(=O)O. The summed E-state index contributed by atoms with van der Waals surface area (Å²) in [4.78, 5) is 23.2. The second kappa shape index (κ2) is 7.16. The first-order valence-electron chi connectivity index (χ1n) is 6.39. The van der Waals surface area contributed by atoms with Crippen LogP contribution in [0.2, 0.25) is 0 Å². The van der Waals surface area contributed by atoms with Crippen LogP contribution in [0.15, 0.2) is 12.2 Å². The van der Waals surface area contributed by atoms with Crippen molar-refractivity contribution in [3.8, 4) is 0 Å². The van der Waals surface area contributed by atoms with Gasteiger partial charge in [0.2, 0.25) is 5.91 Å². The summed E-state index contributed by atoms with van der Waals surface area (Å²) in [6.45, 7) is 1.95. The third kappa shape index (κ3) is 3.84. The number of aliphatic hydroxyl groups excluding tert-OH is 1. The van der Waals surface area contributed by atoms with Gasteiger partial charge in [0.15, 0.2) is 0 Å². The van der Waals surface area contributed by atoms with Crippen LogP contribution in [0, 0.1) is 11.8 Å². The minimum atomic E-state index is -0.922. The van der Waals surface area contributed by atoms with Gasteiger partial charge in [-0.2, -0.15) is 0 Å². The number of hydrogen-bond acceptors (Lipinski definition) is 3. The molecular weight excluding hydrogens is 234 g/mol. The summed E-state index contributed by atoms with van der Waals surface area (Å²) in [6, 6.07) is -0.0807. The molecule has 0 radical (unpaired) electrons.